The molecule has 0 amide bonds. The molecule has 0 saturated carbocycles. The first kappa shape index (κ1) is 14.5. The predicted molar refractivity (Wildman–Crippen MR) is 55.1 cm³/mol. The second kappa shape index (κ2) is 7.59. The Hall–Kier alpha value is -0.0500. The van der Waals surface area contributed by atoms with Gasteiger partial charge in [-0.15, -0.1) is 0 Å². The number of sulfone groups is 1. The van der Waals surface area contributed by atoms with Crippen molar-refractivity contribution in [2.24, 2.45) is 5.92 Å². The van der Waals surface area contributed by atoms with Gasteiger partial charge in [0.25, 0.3) is 0 Å². The van der Waals surface area contributed by atoms with Crippen molar-refractivity contribution in [1.82, 2.24) is 0 Å². The van der Waals surface area contributed by atoms with Crippen molar-refractivity contribution in [3.8, 4) is 0 Å². The molecule has 3 heteroatoms. The quantitative estimate of drug-likeness (QED) is 0.689. The summed E-state index contributed by atoms with van der Waals surface area (Å²) < 4.78 is 21.5. The summed E-state index contributed by atoms with van der Waals surface area (Å²) in [5.74, 6) is 0.704. The lowest BCUT2D eigenvalue weighted by Gasteiger charge is -2.08. The zero-order chi connectivity index (χ0) is 10.2. The Labute approximate surface area is 77.3 Å². The van der Waals surface area contributed by atoms with Crippen LogP contribution in [0.3, 0.4) is 0 Å². The zero-order valence-electron chi connectivity index (χ0n) is 8.92. The molecule has 0 radical (unpaired) electrons. The van der Waals surface area contributed by atoms with E-state index in [9.17, 15) is 8.42 Å². The minimum absolute atomic E-state index is 0.347. The third-order valence-corrected chi connectivity index (χ3v) is 2.77. The predicted octanol–water partition coefficient (Wildman–Crippen LogP) is 2.49. The van der Waals surface area contributed by atoms with Crippen LogP contribution in [0.5, 0.6) is 0 Å². The van der Waals surface area contributed by atoms with E-state index >= 15 is 0 Å². The first-order valence-corrected chi connectivity index (χ1v) is 6.73. The van der Waals surface area contributed by atoms with Crippen molar-refractivity contribution < 1.29 is 8.42 Å². The van der Waals surface area contributed by atoms with Crippen LogP contribution in [0.4, 0.5) is 0 Å². The van der Waals surface area contributed by atoms with Crippen LogP contribution in [0.1, 0.15) is 40.5 Å². The van der Waals surface area contributed by atoms with Crippen molar-refractivity contribution in [3.05, 3.63) is 0 Å². The highest BCUT2D eigenvalue weighted by Gasteiger charge is 2.10. The molecule has 0 heterocycles. The molecule has 0 saturated heterocycles. The lowest BCUT2D eigenvalue weighted by molar-refractivity contribution is 0.526. The van der Waals surface area contributed by atoms with Gasteiger partial charge in [-0.3, -0.25) is 0 Å². The molecule has 0 rings (SSSR count). The molecule has 0 N–H and O–H groups in total. The van der Waals surface area contributed by atoms with Gasteiger partial charge in [0.05, 0.1) is 5.75 Å². The fraction of sp³-hybridized carbons (Fsp3) is 1.00. The SMILES string of the molecule is CC.CCC(CC)CS(C)(=O)=O. The van der Waals surface area contributed by atoms with Crippen molar-refractivity contribution in [1.29, 1.82) is 0 Å². The fourth-order valence-corrected chi connectivity index (χ4v) is 2.28. The van der Waals surface area contributed by atoms with Crippen LogP contribution in [-0.4, -0.2) is 20.4 Å². The Bertz CT molecular complexity index is 167. The summed E-state index contributed by atoms with van der Waals surface area (Å²) in [6.07, 6.45) is 3.22. The van der Waals surface area contributed by atoms with Crippen LogP contribution in [0.15, 0.2) is 0 Å². The van der Waals surface area contributed by atoms with E-state index in [-0.39, 0.29) is 0 Å². The number of rotatable bonds is 4. The average Bonchev–Trinajstić information content (AvgIpc) is 2.02. The average molecular weight is 194 g/mol. The van der Waals surface area contributed by atoms with E-state index in [0.29, 0.717) is 11.7 Å². The largest absolute Gasteiger partial charge is 0.229 e. The molecule has 0 bridgehead atoms. The summed E-state index contributed by atoms with van der Waals surface area (Å²) in [4.78, 5) is 0. The van der Waals surface area contributed by atoms with Crippen LogP contribution in [-0.2, 0) is 9.84 Å². The minimum atomic E-state index is -2.75. The first-order chi connectivity index (χ1) is 5.49. The molecule has 0 unspecified atom stereocenters. The van der Waals surface area contributed by atoms with E-state index in [2.05, 4.69) is 0 Å². The van der Waals surface area contributed by atoms with E-state index in [1.165, 1.54) is 6.26 Å². The van der Waals surface area contributed by atoms with Crippen LogP contribution < -0.4 is 0 Å². The van der Waals surface area contributed by atoms with Gasteiger partial charge in [0.1, 0.15) is 9.84 Å². The molecule has 0 aromatic carbocycles. The van der Waals surface area contributed by atoms with Gasteiger partial charge in [0.15, 0.2) is 0 Å². The van der Waals surface area contributed by atoms with Gasteiger partial charge in [-0.25, -0.2) is 8.42 Å². The molecule has 0 fully saturated rings. The molecular weight excluding hydrogens is 172 g/mol. The zero-order valence-corrected chi connectivity index (χ0v) is 9.74. The van der Waals surface area contributed by atoms with E-state index in [1.807, 2.05) is 27.7 Å². The van der Waals surface area contributed by atoms with E-state index in [0.717, 1.165) is 12.8 Å². The van der Waals surface area contributed by atoms with Gasteiger partial charge in [0.2, 0.25) is 0 Å². The summed E-state index contributed by atoms with van der Waals surface area (Å²) in [6.45, 7) is 8.05. The summed E-state index contributed by atoms with van der Waals surface area (Å²) >= 11 is 0. The molecule has 0 aromatic rings. The molecule has 0 spiro atoms. The monoisotopic (exact) mass is 194 g/mol. The minimum Gasteiger partial charge on any atom is -0.229 e. The molecule has 0 aliphatic heterocycles. The van der Waals surface area contributed by atoms with Gasteiger partial charge in [-0.05, 0) is 5.92 Å². The number of hydrogen-bond donors (Lipinski definition) is 0. The third kappa shape index (κ3) is 9.95. The third-order valence-electron chi connectivity index (χ3n) is 1.69. The first-order valence-electron chi connectivity index (χ1n) is 4.67. The van der Waals surface area contributed by atoms with Crippen molar-refractivity contribution >= 4 is 9.84 Å². The summed E-state index contributed by atoms with van der Waals surface area (Å²) in [5.41, 5.74) is 0. The molecule has 0 aliphatic carbocycles. The Balaban J connectivity index is 0. The fourth-order valence-electron chi connectivity index (χ4n) is 0.953. The lowest BCUT2D eigenvalue weighted by atomic mass is 10.1. The maximum absolute atomic E-state index is 10.8. The standard InChI is InChI=1S/C7H16O2S.C2H6/c1-4-7(5-2)6-10(3,8)9;1-2/h7H,4-6H2,1-3H3;1-2H3. The highest BCUT2D eigenvalue weighted by molar-refractivity contribution is 7.90. The van der Waals surface area contributed by atoms with Gasteiger partial charge >= 0.3 is 0 Å². The highest BCUT2D eigenvalue weighted by atomic mass is 32.2. The van der Waals surface area contributed by atoms with Gasteiger partial charge < -0.3 is 0 Å². The molecule has 0 aliphatic rings. The lowest BCUT2D eigenvalue weighted by Crippen LogP contribution is -2.13. The maximum atomic E-state index is 10.8. The Morgan fingerprint density at radius 2 is 1.42 bits per heavy atom. The molecule has 12 heavy (non-hydrogen) atoms. The normalized spacial score (nSPS) is 10.8. The van der Waals surface area contributed by atoms with Crippen LogP contribution >= 0.6 is 0 Å². The molecule has 0 atom stereocenters. The topological polar surface area (TPSA) is 34.1 Å². The molecule has 0 aromatic heterocycles. The highest BCUT2D eigenvalue weighted by Crippen LogP contribution is 2.09. The van der Waals surface area contributed by atoms with Crippen molar-refractivity contribution in [2.75, 3.05) is 12.0 Å². The Morgan fingerprint density at radius 3 is 1.50 bits per heavy atom. The van der Waals surface area contributed by atoms with Gasteiger partial charge in [0, 0.05) is 6.26 Å². The second-order valence-electron chi connectivity index (χ2n) is 2.77. The van der Waals surface area contributed by atoms with E-state index < -0.39 is 9.84 Å². The van der Waals surface area contributed by atoms with E-state index in [4.69, 9.17) is 0 Å². The van der Waals surface area contributed by atoms with Gasteiger partial charge in [-0.2, -0.15) is 0 Å². The summed E-state index contributed by atoms with van der Waals surface area (Å²) in [7, 11) is -2.75. The van der Waals surface area contributed by atoms with Crippen molar-refractivity contribution in [2.45, 2.75) is 40.5 Å². The Morgan fingerprint density at radius 1 is 1.08 bits per heavy atom. The summed E-state index contributed by atoms with van der Waals surface area (Å²) in [6, 6.07) is 0. The smallest absolute Gasteiger partial charge is 0.147 e. The van der Waals surface area contributed by atoms with Crippen LogP contribution in [0.25, 0.3) is 0 Å². The molecule has 76 valence electrons. The summed E-state index contributed by atoms with van der Waals surface area (Å²) in [5, 5.41) is 0. The van der Waals surface area contributed by atoms with Crippen molar-refractivity contribution in [3.63, 3.8) is 0 Å². The molecule has 2 nitrogen and oxygen atoms in total. The maximum Gasteiger partial charge on any atom is 0.147 e. The molecular formula is C9H22O2S. The Kier molecular flexibility index (Phi) is 9.16. The van der Waals surface area contributed by atoms with Crippen LogP contribution in [0.2, 0.25) is 0 Å². The number of hydrogen-bond acceptors (Lipinski definition) is 2. The van der Waals surface area contributed by atoms with Gasteiger partial charge in [-0.1, -0.05) is 40.5 Å². The van der Waals surface area contributed by atoms with Crippen LogP contribution in [0, 0.1) is 5.92 Å². The van der Waals surface area contributed by atoms with E-state index in [1.54, 1.807) is 0 Å². The second-order valence-corrected chi connectivity index (χ2v) is 4.96.